The van der Waals surface area contributed by atoms with Crippen molar-refractivity contribution in [3.8, 4) is 0 Å². The van der Waals surface area contributed by atoms with Crippen LogP contribution in [0.2, 0.25) is 4.34 Å². The minimum Gasteiger partial charge on any atom is -0.382 e. The summed E-state index contributed by atoms with van der Waals surface area (Å²) in [5.41, 5.74) is 0.453. The summed E-state index contributed by atoms with van der Waals surface area (Å²) in [6.45, 7) is 0. The Labute approximate surface area is 151 Å². The van der Waals surface area contributed by atoms with Gasteiger partial charge in [0, 0.05) is 26.2 Å². The molecule has 0 radical (unpaired) electrons. The number of oxime groups is 1. The fourth-order valence-electron chi connectivity index (χ4n) is 2.42. The predicted octanol–water partition coefficient (Wildman–Crippen LogP) is 3.88. The smallest absolute Gasteiger partial charge is 0.268 e. The largest absolute Gasteiger partial charge is 0.382 e. The Kier molecular flexibility index (Phi) is 4.91. The highest BCUT2D eigenvalue weighted by molar-refractivity contribution is 7.18. The zero-order chi connectivity index (χ0) is 18.1. The molecule has 0 unspecified atom stereocenters. The monoisotopic (exact) mass is 385 g/mol. The summed E-state index contributed by atoms with van der Waals surface area (Å²) >= 11 is 7.21. The van der Waals surface area contributed by atoms with Crippen molar-refractivity contribution in [3.05, 3.63) is 45.1 Å². The van der Waals surface area contributed by atoms with E-state index in [4.69, 9.17) is 16.4 Å². The molecule has 1 aromatic heterocycles. The summed E-state index contributed by atoms with van der Waals surface area (Å²) in [5, 5.41) is 6.34. The molecule has 1 amide bonds. The van der Waals surface area contributed by atoms with Crippen LogP contribution in [0.25, 0.3) is 0 Å². The molecule has 2 aromatic rings. The highest BCUT2D eigenvalue weighted by atomic mass is 35.5. The molecule has 132 valence electrons. The average Bonchev–Trinajstić information content (AvgIpc) is 3.14. The molecule has 0 bridgehead atoms. The molecule has 25 heavy (non-hydrogen) atoms. The lowest BCUT2D eigenvalue weighted by Gasteiger charge is -2.16. The average molecular weight is 386 g/mol. The number of nitrogens with one attached hydrogen (secondary N) is 1. The number of carbonyl (C=O) groups excluding carboxylic acids is 1. The minimum absolute atomic E-state index is 0.0156. The van der Waals surface area contributed by atoms with Crippen molar-refractivity contribution < 1.29 is 18.4 Å². The lowest BCUT2D eigenvalue weighted by atomic mass is 10.1. The first-order valence-electron chi connectivity index (χ1n) is 7.31. The number of hydrogen-bond acceptors (Lipinski definition) is 5. The van der Waals surface area contributed by atoms with Crippen LogP contribution < -0.4 is 10.2 Å². The second kappa shape index (κ2) is 6.97. The number of rotatable bonds is 4. The van der Waals surface area contributed by atoms with Crippen molar-refractivity contribution in [2.75, 3.05) is 24.3 Å². The van der Waals surface area contributed by atoms with Gasteiger partial charge in [-0.3, -0.25) is 4.79 Å². The van der Waals surface area contributed by atoms with Gasteiger partial charge < -0.3 is 15.1 Å². The predicted molar refractivity (Wildman–Crippen MR) is 94.7 cm³/mol. The zero-order valence-electron chi connectivity index (χ0n) is 13.3. The molecule has 1 aliphatic heterocycles. The Balaban J connectivity index is 1.68. The molecule has 3 rings (SSSR count). The van der Waals surface area contributed by atoms with Gasteiger partial charge in [0.25, 0.3) is 5.91 Å². The summed E-state index contributed by atoms with van der Waals surface area (Å²) in [5.74, 6) is -2.06. The number of anilines is 2. The third-order valence-electron chi connectivity index (χ3n) is 3.55. The normalized spacial score (nSPS) is 16.4. The SMILES string of the molecule is CN(C)c1c(F)cc(NC(=O)[C@H]2CC(c3ccc(Cl)s3)=NO2)cc1F. The van der Waals surface area contributed by atoms with Crippen LogP contribution in [0, 0.1) is 11.6 Å². The number of nitrogens with zero attached hydrogens (tertiary/aromatic N) is 2. The van der Waals surface area contributed by atoms with E-state index in [1.54, 1.807) is 12.1 Å². The molecule has 1 aliphatic rings. The third-order valence-corrected chi connectivity index (χ3v) is 4.83. The van der Waals surface area contributed by atoms with Crippen LogP contribution in [-0.4, -0.2) is 31.8 Å². The Hall–Kier alpha value is -2.19. The van der Waals surface area contributed by atoms with E-state index in [0.717, 1.165) is 17.0 Å². The summed E-state index contributed by atoms with van der Waals surface area (Å²) in [6, 6.07) is 5.65. The first-order valence-corrected chi connectivity index (χ1v) is 8.50. The Bertz CT molecular complexity index is 831. The maximum absolute atomic E-state index is 14.0. The lowest BCUT2D eigenvalue weighted by molar-refractivity contribution is -0.125. The van der Waals surface area contributed by atoms with Gasteiger partial charge >= 0.3 is 0 Å². The molecule has 1 atom stereocenters. The van der Waals surface area contributed by atoms with Crippen LogP contribution in [-0.2, 0) is 9.63 Å². The summed E-state index contributed by atoms with van der Waals surface area (Å²) < 4.78 is 28.6. The van der Waals surface area contributed by atoms with Crippen LogP contribution in [0.1, 0.15) is 11.3 Å². The van der Waals surface area contributed by atoms with E-state index >= 15 is 0 Å². The Morgan fingerprint density at radius 2 is 2.04 bits per heavy atom. The van der Waals surface area contributed by atoms with Crippen molar-refractivity contribution in [1.29, 1.82) is 0 Å². The van der Waals surface area contributed by atoms with Crippen molar-refractivity contribution in [1.82, 2.24) is 0 Å². The molecule has 0 fully saturated rings. The molecule has 0 saturated heterocycles. The van der Waals surface area contributed by atoms with Crippen LogP contribution >= 0.6 is 22.9 Å². The van der Waals surface area contributed by atoms with E-state index in [1.807, 2.05) is 0 Å². The highest BCUT2D eigenvalue weighted by Crippen LogP contribution is 2.28. The van der Waals surface area contributed by atoms with Gasteiger partial charge in [0.2, 0.25) is 6.10 Å². The maximum atomic E-state index is 14.0. The van der Waals surface area contributed by atoms with E-state index in [2.05, 4.69) is 10.5 Å². The fourth-order valence-corrected chi connectivity index (χ4v) is 3.45. The topological polar surface area (TPSA) is 53.9 Å². The number of thiophene rings is 1. The van der Waals surface area contributed by atoms with E-state index in [0.29, 0.717) is 10.0 Å². The van der Waals surface area contributed by atoms with Crippen LogP contribution in [0.15, 0.2) is 29.4 Å². The second-order valence-electron chi connectivity index (χ2n) is 5.61. The Morgan fingerprint density at radius 3 is 2.60 bits per heavy atom. The van der Waals surface area contributed by atoms with E-state index in [9.17, 15) is 13.6 Å². The summed E-state index contributed by atoms with van der Waals surface area (Å²) in [4.78, 5) is 19.5. The first kappa shape index (κ1) is 17.6. The molecule has 1 aromatic carbocycles. The number of halogens is 3. The van der Waals surface area contributed by atoms with Gasteiger partial charge in [-0.2, -0.15) is 0 Å². The van der Waals surface area contributed by atoms with Gasteiger partial charge in [0.1, 0.15) is 11.4 Å². The van der Waals surface area contributed by atoms with Crippen LogP contribution in [0.5, 0.6) is 0 Å². The lowest BCUT2D eigenvalue weighted by Crippen LogP contribution is -2.28. The maximum Gasteiger partial charge on any atom is 0.268 e. The molecule has 0 aliphatic carbocycles. The molecular weight excluding hydrogens is 372 g/mol. The van der Waals surface area contributed by atoms with E-state index < -0.39 is 23.6 Å². The Morgan fingerprint density at radius 1 is 1.36 bits per heavy atom. The molecule has 1 N–H and O–H groups in total. The highest BCUT2D eigenvalue weighted by Gasteiger charge is 2.30. The minimum atomic E-state index is -0.865. The first-order chi connectivity index (χ1) is 11.8. The van der Waals surface area contributed by atoms with E-state index in [1.165, 1.54) is 30.3 Å². The van der Waals surface area contributed by atoms with Gasteiger partial charge in [-0.25, -0.2) is 8.78 Å². The molecule has 9 heteroatoms. The van der Waals surface area contributed by atoms with Crippen molar-refractivity contribution >= 4 is 45.9 Å². The molecule has 0 saturated carbocycles. The molecular formula is C16H14ClF2N3O2S. The number of carbonyl (C=O) groups is 1. The second-order valence-corrected chi connectivity index (χ2v) is 7.33. The van der Waals surface area contributed by atoms with Gasteiger partial charge in [0.05, 0.1) is 9.21 Å². The molecule has 0 spiro atoms. The van der Waals surface area contributed by atoms with Crippen LogP contribution in [0.3, 0.4) is 0 Å². The summed E-state index contributed by atoms with van der Waals surface area (Å²) in [7, 11) is 3.06. The van der Waals surface area contributed by atoms with Gasteiger partial charge in [-0.05, 0) is 24.3 Å². The van der Waals surface area contributed by atoms with Crippen molar-refractivity contribution in [2.45, 2.75) is 12.5 Å². The molecule has 2 heterocycles. The van der Waals surface area contributed by atoms with Crippen molar-refractivity contribution in [2.24, 2.45) is 5.16 Å². The third kappa shape index (κ3) is 3.74. The zero-order valence-corrected chi connectivity index (χ0v) is 14.9. The number of amides is 1. The standard InChI is InChI=1S/C16H14ClF2N3O2S/c1-22(2)15-9(18)5-8(6-10(15)19)20-16(23)12-7-11(21-24-12)13-3-4-14(17)25-13/h3-6,12H,7H2,1-2H3,(H,20,23)/t12-/m1/s1. The number of hydrogen-bond donors (Lipinski definition) is 1. The van der Waals surface area contributed by atoms with Crippen LogP contribution in [0.4, 0.5) is 20.2 Å². The summed E-state index contributed by atoms with van der Waals surface area (Å²) in [6.07, 6.45) is -0.612. The van der Waals surface area contributed by atoms with Gasteiger partial charge in [-0.15, -0.1) is 11.3 Å². The number of benzene rings is 1. The molecule has 5 nitrogen and oxygen atoms in total. The van der Waals surface area contributed by atoms with E-state index in [-0.39, 0.29) is 17.8 Å². The quantitative estimate of drug-likeness (QED) is 0.869. The van der Waals surface area contributed by atoms with Crippen molar-refractivity contribution in [3.63, 3.8) is 0 Å². The van der Waals surface area contributed by atoms with Gasteiger partial charge in [0.15, 0.2) is 11.6 Å². The fraction of sp³-hybridized carbons (Fsp3) is 0.250. The van der Waals surface area contributed by atoms with Gasteiger partial charge in [-0.1, -0.05) is 16.8 Å².